The summed E-state index contributed by atoms with van der Waals surface area (Å²) >= 11 is 0. The highest BCUT2D eigenvalue weighted by molar-refractivity contribution is 5.76. The van der Waals surface area contributed by atoms with E-state index in [9.17, 15) is 35.1 Å². The zero-order valence-electron chi connectivity index (χ0n) is 55.5. The van der Waals surface area contributed by atoms with Crippen molar-refractivity contribution in [1.29, 1.82) is 0 Å². The van der Waals surface area contributed by atoms with E-state index < -0.39 is 49.5 Å². The van der Waals surface area contributed by atoms with Gasteiger partial charge >= 0.3 is 5.97 Å². The maximum atomic E-state index is 13.0. The molecular formula is C75H135NO10. The lowest BCUT2D eigenvalue weighted by molar-refractivity contribution is -0.302. The fraction of sp³-hybridized carbons (Fsp3) is 0.813. The molecular weight excluding hydrogens is 1070 g/mol. The van der Waals surface area contributed by atoms with E-state index in [1.807, 2.05) is 19.1 Å². The highest BCUT2D eigenvalue weighted by Gasteiger charge is 2.44. The molecule has 1 fully saturated rings. The van der Waals surface area contributed by atoms with Gasteiger partial charge in [0.15, 0.2) is 6.29 Å². The van der Waals surface area contributed by atoms with Crippen molar-refractivity contribution in [2.24, 2.45) is 0 Å². The molecule has 6 N–H and O–H groups in total. The molecule has 1 saturated heterocycles. The van der Waals surface area contributed by atoms with Crippen LogP contribution in [-0.4, -0.2) is 100 Å². The molecule has 1 rings (SSSR count). The summed E-state index contributed by atoms with van der Waals surface area (Å²) in [5.41, 5.74) is 0. The number of unbranched alkanes of at least 4 members (excludes halogenated alkanes) is 40. The minimum atomic E-state index is -1.58. The lowest BCUT2D eigenvalue weighted by atomic mass is 9.99. The summed E-state index contributed by atoms with van der Waals surface area (Å²) < 4.78 is 16.7. The van der Waals surface area contributed by atoms with E-state index in [0.29, 0.717) is 19.4 Å². The molecule has 0 aromatic carbocycles. The summed E-state index contributed by atoms with van der Waals surface area (Å²) in [4.78, 5) is 25.1. The largest absolute Gasteiger partial charge is 0.466 e. The highest BCUT2D eigenvalue weighted by Crippen LogP contribution is 2.23. The molecule has 1 aliphatic heterocycles. The van der Waals surface area contributed by atoms with Crippen LogP contribution in [0, 0.1) is 0 Å². The van der Waals surface area contributed by atoms with Gasteiger partial charge in [-0.05, 0) is 110 Å². The Balaban J connectivity index is 1.89. The van der Waals surface area contributed by atoms with Gasteiger partial charge in [-0.1, -0.05) is 279 Å². The van der Waals surface area contributed by atoms with Crippen LogP contribution in [0.5, 0.6) is 0 Å². The van der Waals surface area contributed by atoms with Crippen molar-refractivity contribution in [3.8, 4) is 0 Å². The molecule has 0 aromatic rings. The predicted octanol–water partition coefficient (Wildman–Crippen LogP) is 18.7. The van der Waals surface area contributed by atoms with Gasteiger partial charge in [-0.25, -0.2) is 0 Å². The van der Waals surface area contributed by atoms with E-state index >= 15 is 0 Å². The Hall–Kier alpha value is -2.90. The number of allylic oxidation sites excluding steroid dienone is 11. The van der Waals surface area contributed by atoms with Crippen LogP contribution in [-0.2, 0) is 23.8 Å². The van der Waals surface area contributed by atoms with Crippen molar-refractivity contribution in [3.05, 3.63) is 72.9 Å². The van der Waals surface area contributed by atoms with Gasteiger partial charge in [0.2, 0.25) is 5.91 Å². The molecule has 11 nitrogen and oxygen atoms in total. The molecule has 1 heterocycles. The van der Waals surface area contributed by atoms with E-state index in [1.54, 1.807) is 6.08 Å². The first kappa shape index (κ1) is 81.1. The van der Waals surface area contributed by atoms with Crippen molar-refractivity contribution in [1.82, 2.24) is 5.32 Å². The first-order valence-electron chi connectivity index (χ1n) is 36.2. The molecule has 0 aromatic heterocycles. The molecule has 7 atom stereocenters. The summed E-state index contributed by atoms with van der Waals surface area (Å²) in [5.74, 6) is -0.195. The van der Waals surface area contributed by atoms with E-state index in [-0.39, 0.29) is 18.5 Å². The van der Waals surface area contributed by atoms with E-state index in [2.05, 4.69) is 66.9 Å². The summed E-state index contributed by atoms with van der Waals surface area (Å²) in [7, 11) is 0. The number of hydrogen-bond acceptors (Lipinski definition) is 10. The molecule has 500 valence electrons. The van der Waals surface area contributed by atoms with Gasteiger partial charge in [-0.3, -0.25) is 9.59 Å². The minimum Gasteiger partial charge on any atom is -0.466 e. The number of aliphatic hydroxyl groups excluding tert-OH is 5. The molecule has 86 heavy (non-hydrogen) atoms. The van der Waals surface area contributed by atoms with Gasteiger partial charge in [-0.2, -0.15) is 0 Å². The maximum Gasteiger partial charge on any atom is 0.305 e. The summed E-state index contributed by atoms with van der Waals surface area (Å²) in [6, 6.07) is -0.832. The number of amides is 1. The van der Waals surface area contributed by atoms with Crippen molar-refractivity contribution in [2.45, 2.75) is 371 Å². The van der Waals surface area contributed by atoms with E-state index in [4.69, 9.17) is 14.2 Å². The maximum absolute atomic E-state index is 13.0. The monoisotopic (exact) mass is 1210 g/mol. The SMILES string of the molecule is C/C=C/CC/C=C/CC/C=C/C(O)C(COC1OC(CO)C(O)C(O)C1O)NC(=O)CCCCCCCCCCCCCCCCCC/C=C\CCCCCCCCCCCCCCOC(=O)CCCCCCCCC/C=C\C/C=C\CCCCC. The van der Waals surface area contributed by atoms with Crippen LogP contribution in [0.1, 0.15) is 328 Å². The topological polar surface area (TPSA) is 175 Å². The lowest BCUT2D eigenvalue weighted by Crippen LogP contribution is -2.60. The molecule has 1 amide bonds. The number of carbonyl (C=O) groups excluding carboxylic acids is 2. The van der Waals surface area contributed by atoms with Crippen LogP contribution in [0.4, 0.5) is 0 Å². The Morgan fingerprint density at radius 2 is 0.837 bits per heavy atom. The second-order valence-electron chi connectivity index (χ2n) is 24.9. The van der Waals surface area contributed by atoms with Crippen LogP contribution in [0.3, 0.4) is 0 Å². The van der Waals surface area contributed by atoms with Crippen molar-refractivity contribution >= 4 is 11.9 Å². The summed E-state index contributed by atoms with van der Waals surface area (Å²) in [6.07, 6.45) is 76.6. The van der Waals surface area contributed by atoms with Gasteiger partial charge in [-0.15, -0.1) is 0 Å². The third-order valence-corrected chi connectivity index (χ3v) is 16.8. The van der Waals surface area contributed by atoms with Crippen LogP contribution in [0.15, 0.2) is 72.9 Å². The number of hydrogen-bond donors (Lipinski definition) is 6. The van der Waals surface area contributed by atoms with Crippen molar-refractivity contribution in [3.63, 3.8) is 0 Å². The third-order valence-electron chi connectivity index (χ3n) is 16.8. The first-order chi connectivity index (χ1) is 42.2. The Morgan fingerprint density at radius 1 is 0.453 bits per heavy atom. The van der Waals surface area contributed by atoms with Gasteiger partial charge in [0.1, 0.15) is 24.4 Å². The van der Waals surface area contributed by atoms with Gasteiger partial charge in [0.25, 0.3) is 0 Å². The summed E-state index contributed by atoms with van der Waals surface area (Å²) in [6.45, 7) is 4.08. The van der Waals surface area contributed by atoms with E-state index in [0.717, 1.165) is 70.6 Å². The predicted molar refractivity (Wildman–Crippen MR) is 361 cm³/mol. The normalized spacial score (nSPS) is 18.3. The van der Waals surface area contributed by atoms with Gasteiger partial charge in [0, 0.05) is 12.8 Å². The van der Waals surface area contributed by atoms with Gasteiger partial charge in [0.05, 0.1) is 32.0 Å². The Labute approximate surface area is 528 Å². The van der Waals surface area contributed by atoms with Crippen LogP contribution < -0.4 is 5.32 Å². The zero-order valence-corrected chi connectivity index (χ0v) is 55.5. The highest BCUT2D eigenvalue weighted by atomic mass is 16.7. The quantitative estimate of drug-likeness (QED) is 0.0195. The van der Waals surface area contributed by atoms with E-state index in [1.165, 1.54) is 231 Å². The molecule has 11 heteroatoms. The average molecular weight is 1210 g/mol. The lowest BCUT2D eigenvalue weighted by Gasteiger charge is -2.40. The summed E-state index contributed by atoms with van der Waals surface area (Å²) in [5, 5.41) is 54.2. The molecule has 0 spiro atoms. The number of rotatable bonds is 63. The number of carbonyl (C=O) groups is 2. The fourth-order valence-electron chi connectivity index (χ4n) is 11.1. The second-order valence-corrected chi connectivity index (χ2v) is 24.9. The molecule has 0 aliphatic carbocycles. The zero-order chi connectivity index (χ0) is 62.3. The van der Waals surface area contributed by atoms with Crippen molar-refractivity contribution in [2.75, 3.05) is 19.8 Å². The second kappa shape index (κ2) is 63.7. The standard InChI is InChI=1S/C75H135NO10/c1-3-5-7-9-11-13-14-15-16-33-37-40-43-47-51-55-59-63-71(80)84-64-60-56-52-48-44-41-38-35-32-30-28-26-24-22-20-18-17-19-21-23-25-27-29-31-34-36-39-42-46-50-54-58-62-70(79)76-67(68(78)61-57-53-49-45-12-10-8-6-4-2)66-85-75-74(83)73(82)72(81)69(65-77)86-75/h4,6,11-13,15-16,20,22,45,57,61,67-69,72-75,77-78,81-83H,3,5,7-10,14,17-19,21,23-44,46-56,58-60,62-66H2,1-2H3,(H,76,79)/b6-4+,13-11-,16-15-,22-20-,45-12+,61-57+. The number of esters is 1. The van der Waals surface area contributed by atoms with Crippen LogP contribution in [0.25, 0.3) is 0 Å². The fourth-order valence-corrected chi connectivity index (χ4v) is 11.1. The van der Waals surface area contributed by atoms with Crippen LogP contribution in [0.2, 0.25) is 0 Å². The first-order valence-corrected chi connectivity index (χ1v) is 36.2. The minimum absolute atomic E-state index is 0.00202. The number of nitrogens with one attached hydrogen (secondary N) is 1. The molecule has 0 bridgehead atoms. The number of aliphatic hydroxyl groups is 5. The molecule has 1 aliphatic rings. The smallest absolute Gasteiger partial charge is 0.305 e. The Bertz CT molecular complexity index is 1660. The molecule has 0 saturated carbocycles. The molecule has 7 unspecified atom stereocenters. The molecule has 0 radical (unpaired) electrons. The third kappa shape index (κ3) is 51.9. The Kier molecular flexibility index (Phi) is 60.0. The number of ether oxygens (including phenoxy) is 3. The van der Waals surface area contributed by atoms with Crippen LogP contribution >= 0.6 is 0 Å². The van der Waals surface area contributed by atoms with Gasteiger partial charge < -0.3 is 45.1 Å². The average Bonchev–Trinajstić information content (AvgIpc) is 3.70. The van der Waals surface area contributed by atoms with Crippen molar-refractivity contribution < 1.29 is 49.3 Å². The Morgan fingerprint density at radius 3 is 1.29 bits per heavy atom.